The van der Waals surface area contributed by atoms with Gasteiger partial charge in [0.15, 0.2) is 0 Å². The Morgan fingerprint density at radius 3 is 2.70 bits per heavy atom. The van der Waals surface area contributed by atoms with E-state index in [0.717, 1.165) is 32.2 Å². The van der Waals surface area contributed by atoms with Gasteiger partial charge in [0, 0.05) is 6.04 Å². The van der Waals surface area contributed by atoms with Crippen molar-refractivity contribution in [2.24, 2.45) is 0 Å². The molecule has 1 amide bonds. The van der Waals surface area contributed by atoms with Gasteiger partial charge in [-0.3, -0.25) is 4.79 Å². The van der Waals surface area contributed by atoms with E-state index in [1.807, 2.05) is 18.2 Å². The Bertz CT molecular complexity index is 391. The highest BCUT2D eigenvalue weighted by Gasteiger charge is 2.22. The Kier molecular flexibility index (Phi) is 7.63. The Balaban J connectivity index is 0.00000200. The molecule has 4 heteroatoms. The standard InChI is InChI=1S/C16H24N2O.ClH/c1-2-14(12-13-8-4-3-5-9-13)18-16(19)15-10-6-7-11-17-15;/h3-5,8-9,14-15,17H,2,6-7,10-12H2,1H3,(H,18,19);1H. The van der Waals surface area contributed by atoms with Gasteiger partial charge in [-0.15, -0.1) is 12.4 Å². The molecule has 2 atom stereocenters. The maximum atomic E-state index is 12.2. The van der Waals surface area contributed by atoms with Gasteiger partial charge in [-0.1, -0.05) is 43.7 Å². The lowest BCUT2D eigenvalue weighted by atomic mass is 10.0. The van der Waals surface area contributed by atoms with Gasteiger partial charge in [0.25, 0.3) is 0 Å². The summed E-state index contributed by atoms with van der Waals surface area (Å²) >= 11 is 0. The maximum Gasteiger partial charge on any atom is 0.237 e. The molecular formula is C16H25ClN2O. The third-order valence-corrected chi connectivity index (χ3v) is 3.79. The number of amides is 1. The molecule has 3 nitrogen and oxygen atoms in total. The first kappa shape index (κ1) is 17.0. The van der Waals surface area contributed by atoms with Gasteiger partial charge < -0.3 is 10.6 Å². The van der Waals surface area contributed by atoms with Crippen molar-refractivity contribution in [3.05, 3.63) is 35.9 Å². The molecule has 1 heterocycles. The fourth-order valence-corrected chi connectivity index (χ4v) is 2.57. The van der Waals surface area contributed by atoms with Crippen LogP contribution in [0.25, 0.3) is 0 Å². The Morgan fingerprint density at radius 2 is 2.10 bits per heavy atom. The number of hydrogen-bond donors (Lipinski definition) is 2. The summed E-state index contributed by atoms with van der Waals surface area (Å²) in [7, 11) is 0. The molecule has 112 valence electrons. The Hall–Kier alpha value is -1.06. The fraction of sp³-hybridized carbons (Fsp3) is 0.562. The van der Waals surface area contributed by atoms with E-state index in [4.69, 9.17) is 0 Å². The van der Waals surface area contributed by atoms with Crippen LogP contribution in [0.2, 0.25) is 0 Å². The normalized spacial score (nSPS) is 19.8. The summed E-state index contributed by atoms with van der Waals surface area (Å²) < 4.78 is 0. The van der Waals surface area contributed by atoms with E-state index in [0.29, 0.717) is 0 Å². The molecule has 20 heavy (non-hydrogen) atoms. The third kappa shape index (κ3) is 5.14. The second-order valence-corrected chi connectivity index (χ2v) is 5.31. The number of hydrogen-bond acceptors (Lipinski definition) is 2. The van der Waals surface area contributed by atoms with Crippen molar-refractivity contribution in [2.75, 3.05) is 6.54 Å². The minimum Gasteiger partial charge on any atom is -0.352 e. The van der Waals surface area contributed by atoms with E-state index >= 15 is 0 Å². The van der Waals surface area contributed by atoms with Crippen molar-refractivity contribution in [3.8, 4) is 0 Å². The van der Waals surface area contributed by atoms with Crippen molar-refractivity contribution in [3.63, 3.8) is 0 Å². The van der Waals surface area contributed by atoms with Crippen LogP contribution in [0.5, 0.6) is 0 Å². The molecule has 1 aliphatic heterocycles. The van der Waals surface area contributed by atoms with Crippen molar-refractivity contribution >= 4 is 18.3 Å². The Morgan fingerprint density at radius 1 is 1.35 bits per heavy atom. The molecule has 0 saturated carbocycles. The largest absolute Gasteiger partial charge is 0.352 e. The zero-order valence-electron chi connectivity index (χ0n) is 12.1. The average Bonchev–Trinajstić information content (AvgIpc) is 2.48. The van der Waals surface area contributed by atoms with E-state index < -0.39 is 0 Å². The van der Waals surface area contributed by atoms with E-state index in [2.05, 4.69) is 29.7 Å². The van der Waals surface area contributed by atoms with Crippen LogP contribution in [0.15, 0.2) is 30.3 Å². The van der Waals surface area contributed by atoms with Crippen molar-refractivity contribution in [2.45, 2.75) is 51.1 Å². The molecule has 0 aliphatic carbocycles. The lowest BCUT2D eigenvalue weighted by molar-refractivity contribution is -0.124. The zero-order valence-corrected chi connectivity index (χ0v) is 12.9. The van der Waals surface area contributed by atoms with Crippen LogP contribution >= 0.6 is 12.4 Å². The van der Waals surface area contributed by atoms with Crippen molar-refractivity contribution in [1.29, 1.82) is 0 Å². The van der Waals surface area contributed by atoms with Crippen molar-refractivity contribution in [1.82, 2.24) is 10.6 Å². The third-order valence-electron chi connectivity index (χ3n) is 3.79. The van der Waals surface area contributed by atoms with Gasteiger partial charge in [0.05, 0.1) is 6.04 Å². The van der Waals surface area contributed by atoms with Crippen LogP contribution in [0.3, 0.4) is 0 Å². The quantitative estimate of drug-likeness (QED) is 0.877. The number of piperidine rings is 1. The monoisotopic (exact) mass is 296 g/mol. The number of benzene rings is 1. The smallest absolute Gasteiger partial charge is 0.237 e. The van der Waals surface area contributed by atoms with E-state index in [-0.39, 0.29) is 30.4 Å². The highest BCUT2D eigenvalue weighted by Crippen LogP contribution is 2.09. The number of nitrogens with one attached hydrogen (secondary N) is 2. The van der Waals surface area contributed by atoms with Crippen LogP contribution in [0.4, 0.5) is 0 Å². The molecule has 0 spiro atoms. The van der Waals surface area contributed by atoms with Gasteiger partial charge in [-0.25, -0.2) is 0 Å². The summed E-state index contributed by atoms with van der Waals surface area (Å²) in [6.07, 6.45) is 5.18. The molecule has 1 fully saturated rings. The van der Waals surface area contributed by atoms with Crippen LogP contribution in [-0.2, 0) is 11.2 Å². The van der Waals surface area contributed by atoms with E-state index in [1.54, 1.807) is 0 Å². The first-order valence-corrected chi connectivity index (χ1v) is 7.37. The first-order chi connectivity index (χ1) is 9.29. The minimum absolute atomic E-state index is 0. The van der Waals surface area contributed by atoms with Gasteiger partial charge in [0.1, 0.15) is 0 Å². The van der Waals surface area contributed by atoms with Crippen LogP contribution < -0.4 is 10.6 Å². The molecule has 1 aliphatic rings. The lowest BCUT2D eigenvalue weighted by Crippen LogP contribution is -2.49. The maximum absolute atomic E-state index is 12.2. The molecule has 1 aromatic rings. The Labute approximate surface area is 127 Å². The summed E-state index contributed by atoms with van der Waals surface area (Å²) in [5.41, 5.74) is 1.28. The average molecular weight is 297 g/mol. The highest BCUT2D eigenvalue weighted by molar-refractivity contribution is 5.85. The summed E-state index contributed by atoms with van der Waals surface area (Å²) in [4.78, 5) is 12.2. The predicted molar refractivity (Wildman–Crippen MR) is 85.3 cm³/mol. The van der Waals surface area contributed by atoms with Gasteiger partial charge in [-0.05, 0) is 37.8 Å². The van der Waals surface area contributed by atoms with Crippen LogP contribution in [-0.4, -0.2) is 24.5 Å². The fourth-order valence-electron chi connectivity index (χ4n) is 2.57. The molecule has 1 aromatic carbocycles. The predicted octanol–water partition coefficient (Wildman–Crippen LogP) is 2.69. The van der Waals surface area contributed by atoms with Gasteiger partial charge in [0.2, 0.25) is 5.91 Å². The molecule has 0 radical (unpaired) electrons. The second-order valence-electron chi connectivity index (χ2n) is 5.31. The zero-order chi connectivity index (χ0) is 13.5. The number of carbonyl (C=O) groups is 1. The molecule has 2 N–H and O–H groups in total. The summed E-state index contributed by atoms with van der Waals surface area (Å²) in [6, 6.07) is 10.6. The number of carbonyl (C=O) groups excluding carboxylic acids is 1. The molecule has 2 rings (SSSR count). The lowest BCUT2D eigenvalue weighted by Gasteiger charge is -2.25. The van der Waals surface area contributed by atoms with Gasteiger partial charge >= 0.3 is 0 Å². The molecular weight excluding hydrogens is 272 g/mol. The molecule has 2 unspecified atom stereocenters. The SMILES string of the molecule is CCC(Cc1ccccc1)NC(=O)C1CCCCN1.Cl. The first-order valence-electron chi connectivity index (χ1n) is 7.37. The number of halogens is 1. The van der Waals surface area contributed by atoms with Crippen LogP contribution in [0.1, 0.15) is 38.2 Å². The topological polar surface area (TPSA) is 41.1 Å². The van der Waals surface area contributed by atoms with E-state index in [1.165, 1.54) is 12.0 Å². The second kappa shape index (κ2) is 8.98. The van der Waals surface area contributed by atoms with Crippen LogP contribution in [0, 0.1) is 0 Å². The molecule has 1 saturated heterocycles. The summed E-state index contributed by atoms with van der Waals surface area (Å²) in [5.74, 6) is 0.169. The minimum atomic E-state index is 0. The van der Waals surface area contributed by atoms with Gasteiger partial charge in [-0.2, -0.15) is 0 Å². The highest BCUT2D eigenvalue weighted by atomic mass is 35.5. The summed E-state index contributed by atoms with van der Waals surface area (Å²) in [6.45, 7) is 3.09. The molecule has 0 aromatic heterocycles. The van der Waals surface area contributed by atoms with E-state index in [9.17, 15) is 4.79 Å². The van der Waals surface area contributed by atoms with Crippen molar-refractivity contribution < 1.29 is 4.79 Å². The number of rotatable bonds is 5. The molecule has 0 bridgehead atoms. The summed E-state index contributed by atoms with van der Waals surface area (Å²) in [5, 5.41) is 6.48.